The van der Waals surface area contributed by atoms with Crippen LogP contribution in [0.4, 0.5) is 0 Å². The van der Waals surface area contributed by atoms with Gasteiger partial charge in [-0.15, -0.1) is 0 Å². The van der Waals surface area contributed by atoms with Crippen molar-refractivity contribution in [2.24, 2.45) is 0 Å². The van der Waals surface area contributed by atoms with E-state index in [1.165, 1.54) is 0 Å². The van der Waals surface area contributed by atoms with E-state index in [9.17, 15) is 5.11 Å². The summed E-state index contributed by atoms with van der Waals surface area (Å²) < 4.78 is 4.94. The number of hydrogen-bond donors (Lipinski definition) is 2. The van der Waals surface area contributed by atoms with E-state index in [0.29, 0.717) is 13.0 Å². The van der Waals surface area contributed by atoms with Gasteiger partial charge in [0.1, 0.15) is 0 Å². The van der Waals surface area contributed by atoms with Crippen LogP contribution in [0.3, 0.4) is 0 Å². The highest BCUT2D eigenvalue weighted by atomic mass is 16.5. The Hall–Kier alpha value is -0.970. The van der Waals surface area contributed by atoms with Gasteiger partial charge in [0.2, 0.25) is 0 Å². The number of pyridine rings is 1. The maximum atomic E-state index is 10.2. The van der Waals surface area contributed by atoms with Crippen molar-refractivity contribution in [2.75, 3.05) is 26.8 Å². The fraction of sp³-hybridized carbons (Fsp3) is 0.615. The molecular weight excluding hydrogens is 216 g/mol. The van der Waals surface area contributed by atoms with Crippen molar-refractivity contribution in [3.05, 3.63) is 30.1 Å². The first-order valence-electron chi connectivity index (χ1n) is 5.95. The first kappa shape index (κ1) is 14.1. The average Bonchev–Trinajstić information content (AvgIpc) is 2.29. The fourth-order valence-electron chi connectivity index (χ4n) is 1.69. The average molecular weight is 238 g/mol. The van der Waals surface area contributed by atoms with Crippen molar-refractivity contribution in [3.63, 3.8) is 0 Å². The molecule has 2 N–H and O–H groups in total. The first-order valence-corrected chi connectivity index (χ1v) is 5.95. The van der Waals surface area contributed by atoms with E-state index in [1.54, 1.807) is 19.5 Å². The molecule has 0 aliphatic carbocycles. The molecule has 1 rings (SSSR count). The standard InChI is InChI=1S/C13H22N2O2/c1-13(16,5-8-15-9-10-17-2)11-12-3-6-14-7-4-12/h3-4,6-7,15-16H,5,8-11H2,1-2H3. The van der Waals surface area contributed by atoms with Gasteiger partial charge in [0.15, 0.2) is 0 Å². The summed E-state index contributed by atoms with van der Waals surface area (Å²) in [7, 11) is 1.68. The predicted molar refractivity (Wildman–Crippen MR) is 67.9 cm³/mol. The Bertz CT molecular complexity index is 302. The monoisotopic (exact) mass is 238 g/mol. The van der Waals surface area contributed by atoms with Crippen molar-refractivity contribution in [1.82, 2.24) is 10.3 Å². The second kappa shape index (κ2) is 7.37. The smallest absolute Gasteiger partial charge is 0.0672 e. The molecule has 0 amide bonds. The fourth-order valence-corrected chi connectivity index (χ4v) is 1.69. The largest absolute Gasteiger partial charge is 0.390 e. The molecular formula is C13H22N2O2. The van der Waals surface area contributed by atoms with Crippen LogP contribution in [0.5, 0.6) is 0 Å². The molecule has 0 fully saturated rings. The van der Waals surface area contributed by atoms with Crippen molar-refractivity contribution in [1.29, 1.82) is 0 Å². The number of methoxy groups -OCH3 is 1. The highest BCUT2D eigenvalue weighted by Gasteiger charge is 2.20. The quantitative estimate of drug-likeness (QED) is 0.663. The lowest BCUT2D eigenvalue weighted by atomic mass is 9.94. The molecule has 1 aromatic heterocycles. The van der Waals surface area contributed by atoms with E-state index in [-0.39, 0.29) is 0 Å². The highest BCUT2D eigenvalue weighted by molar-refractivity contribution is 5.12. The third-order valence-electron chi connectivity index (χ3n) is 2.66. The second-order valence-corrected chi connectivity index (χ2v) is 4.52. The number of nitrogens with zero attached hydrogens (tertiary/aromatic N) is 1. The third kappa shape index (κ3) is 6.36. The van der Waals surface area contributed by atoms with Crippen LogP contribution in [0.2, 0.25) is 0 Å². The Morgan fingerprint density at radius 3 is 2.71 bits per heavy atom. The van der Waals surface area contributed by atoms with E-state index in [4.69, 9.17) is 4.74 Å². The Balaban J connectivity index is 2.26. The van der Waals surface area contributed by atoms with Crippen LogP contribution < -0.4 is 5.32 Å². The molecule has 0 aliphatic rings. The Labute approximate surface area is 103 Å². The van der Waals surface area contributed by atoms with Gasteiger partial charge in [-0.3, -0.25) is 4.98 Å². The van der Waals surface area contributed by atoms with Gasteiger partial charge in [-0.05, 0) is 37.6 Å². The van der Waals surface area contributed by atoms with Crippen molar-refractivity contribution >= 4 is 0 Å². The SMILES string of the molecule is COCCNCCC(C)(O)Cc1ccncc1. The molecule has 1 atom stereocenters. The minimum atomic E-state index is -0.679. The topological polar surface area (TPSA) is 54.4 Å². The van der Waals surface area contributed by atoms with Gasteiger partial charge < -0.3 is 15.2 Å². The summed E-state index contributed by atoms with van der Waals surface area (Å²) in [4.78, 5) is 3.96. The van der Waals surface area contributed by atoms with Gasteiger partial charge in [0.05, 0.1) is 12.2 Å². The molecule has 0 radical (unpaired) electrons. The van der Waals surface area contributed by atoms with Crippen LogP contribution >= 0.6 is 0 Å². The summed E-state index contributed by atoms with van der Waals surface area (Å²) in [6.45, 7) is 4.18. The van der Waals surface area contributed by atoms with E-state index in [1.807, 2.05) is 19.1 Å². The Kier molecular flexibility index (Phi) is 6.11. The van der Waals surface area contributed by atoms with E-state index in [2.05, 4.69) is 10.3 Å². The molecule has 17 heavy (non-hydrogen) atoms. The van der Waals surface area contributed by atoms with Crippen LogP contribution in [-0.2, 0) is 11.2 Å². The van der Waals surface area contributed by atoms with Gasteiger partial charge in [-0.25, -0.2) is 0 Å². The number of ether oxygens (including phenoxy) is 1. The Morgan fingerprint density at radius 2 is 2.06 bits per heavy atom. The van der Waals surface area contributed by atoms with Gasteiger partial charge in [-0.2, -0.15) is 0 Å². The molecule has 0 saturated heterocycles. The lowest BCUT2D eigenvalue weighted by Crippen LogP contribution is -2.33. The number of aromatic nitrogens is 1. The molecule has 4 heteroatoms. The number of rotatable bonds is 8. The molecule has 1 heterocycles. The van der Waals surface area contributed by atoms with Crippen LogP contribution in [0.25, 0.3) is 0 Å². The molecule has 1 aromatic rings. The third-order valence-corrected chi connectivity index (χ3v) is 2.66. The summed E-state index contributed by atoms with van der Waals surface area (Å²) in [5.74, 6) is 0. The summed E-state index contributed by atoms with van der Waals surface area (Å²) in [6.07, 6.45) is 4.88. The van der Waals surface area contributed by atoms with E-state index in [0.717, 1.165) is 25.1 Å². The van der Waals surface area contributed by atoms with Crippen LogP contribution in [0, 0.1) is 0 Å². The van der Waals surface area contributed by atoms with Gasteiger partial charge in [0, 0.05) is 32.5 Å². The van der Waals surface area contributed by atoms with E-state index < -0.39 is 5.60 Å². The zero-order valence-electron chi connectivity index (χ0n) is 10.6. The van der Waals surface area contributed by atoms with Crippen LogP contribution in [0.1, 0.15) is 18.9 Å². The normalized spacial score (nSPS) is 14.5. The lowest BCUT2D eigenvalue weighted by molar-refractivity contribution is 0.0510. The van der Waals surface area contributed by atoms with E-state index >= 15 is 0 Å². The molecule has 0 spiro atoms. The summed E-state index contributed by atoms with van der Waals surface area (Å²) in [5.41, 5.74) is 0.434. The lowest BCUT2D eigenvalue weighted by Gasteiger charge is -2.23. The molecule has 96 valence electrons. The summed E-state index contributed by atoms with van der Waals surface area (Å²) in [6, 6.07) is 3.87. The van der Waals surface area contributed by atoms with Crippen molar-refractivity contribution < 1.29 is 9.84 Å². The predicted octanol–water partition coefficient (Wildman–Crippen LogP) is 1.00. The van der Waals surface area contributed by atoms with Gasteiger partial charge in [0.25, 0.3) is 0 Å². The van der Waals surface area contributed by atoms with Crippen molar-refractivity contribution in [3.8, 4) is 0 Å². The summed E-state index contributed by atoms with van der Waals surface area (Å²) in [5, 5.41) is 13.5. The van der Waals surface area contributed by atoms with Crippen LogP contribution in [-0.4, -0.2) is 42.5 Å². The zero-order chi connectivity index (χ0) is 12.6. The molecule has 0 aliphatic heterocycles. The molecule has 0 bridgehead atoms. The molecule has 0 saturated carbocycles. The minimum absolute atomic E-state index is 0.654. The molecule has 1 unspecified atom stereocenters. The number of nitrogens with one attached hydrogen (secondary N) is 1. The first-order chi connectivity index (χ1) is 8.14. The van der Waals surface area contributed by atoms with Crippen LogP contribution in [0.15, 0.2) is 24.5 Å². The van der Waals surface area contributed by atoms with Gasteiger partial charge >= 0.3 is 0 Å². The minimum Gasteiger partial charge on any atom is -0.390 e. The van der Waals surface area contributed by atoms with Gasteiger partial charge in [-0.1, -0.05) is 0 Å². The summed E-state index contributed by atoms with van der Waals surface area (Å²) >= 11 is 0. The molecule has 0 aromatic carbocycles. The molecule has 4 nitrogen and oxygen atoms in total. The van der Waals surface area contributed by atoms with Crippen molar-refractivity contribution in [2.45, 2.75) is 25.4 Å². The zero-order valence-corrected chi connectivity index (χ0v) is 10.6. The highest BCUT2D eigenvalue weighted by Crippen LogP contribution is 2.15. The maximum Gasteiger partial charge on any atom is 0.0672 e. The number of aliphatic hydroxyl groups is 1. The second-order valence-electron chi connectivity index (χ2n) is 4.52. The Morgan fingerprint density at radius 1 is 1.35 bits per heavy atom. The number of hydrogen-bond acceptors (Lipinski definition) is 4. The maximum absolute atomic E-state index is 10.2.